The summed E-state index contributed by atoms with van der Waals surface area (Å²) in [4.78, 5) is 16.4. The Bertz CT molecular complexity index is 797. The summed E-state index contributed by atoms with van der Waals surface area (Å²) < 4.78 is 5.87. The molecule has 0 spiro atoms. The van der Waals surface area contributed by atoms with Gasteiger partial charge in [0, 0.05) is 5.56 Å². The second-order valence-electron chi connectivity index (χ2n) is 4.49. The van der Waals surface area contributed by atoms with E-state index in [2.05, 4.69) is 4.98 Å². The lowest BCUT2D eigenvalue weighted by Gasteiger charge is -2.09. The third-order valence-electron chi connectivity index (χ3n) is 3.17. The van der Waals surface area contributed by atoms with Gasteiger partial charge in [0.05, 0.1) is 0 Å². The van der Waals surface area contributed by atoms with Gasteiger partial charge in [-0.1, -0.05) is 12.2 Å². The van der Waals surface area contributed by atoms with Crippen LogP contribution in [0.3, 0.4) is 0 Å². The minimum Gasteiger partial charge on any atom is -0.453 e. The van der Waals surface area contributed by atoms with E-state index in [1.165, 1.54) is 0 Å². The maximum Gasteiger partial charge on any atom is 0.185 e. The summed E-state index contributed by atoms with van der Waals surface area (Å²) in [6.07, 6.45) is 8.74. The van der Waals surface area contributed by atoms with Crippen LogP contribution < -0.4 is 16.2 Å². The monoisotopic (exact) mass is 239 g/mol. The van der Waals surface area contributed by atoms with Crippen molar-refractivity contribution in [1.29, 1.82) is 0 Å². The summed E-state index contributed by atoms with van der Waals surface area (Å²) in [5.74, 6) is 0.602. The number of aromatic nitrogens is 1. The van der Waals surface area contributed by atoms with Crippen LogP contribution in [-0.2, 0) is 0 Å². The molecule has 1 aliphatic heterocycles. The smallest absolute Gasteiger partial charge is 0.185 e. The largest absolute Gasteiger partial charge is 0.453 e. The SMILES string of the molecule is Cc1cc(=O)c(C)c2oc3c(nc1-2)=CC=CCC=3. The molecular formula is C15H13NO2. The minimum absolute atomic E-state index is 0.00114. The molecule has 0 radical (unpaired) electrons. The zero-order valence-corrected chi connectivity index (χ0v) is 10.4. The van der Waals surface area contributed by atoms with E-state index in [9.17, 15) is 4.79 Å². The fourth-order valence-corrected chi connectivity index (χ4v) is 2.12. The van der Waals surface area contributed by atoms with Crippen LogP contribution >= 0.6 is 0 Å². The summed E-state index contributed by atoms with van der Waals surface area (Å²) >= 11 is 0. The molecule has 1 heterocycles. The van der Waals surface area contributed by atoms with E-state index in [1.807, 2.05) is 31.2 Å². The van der Waals surface area contributed by atoms with E-state index in [0.29, 0.717) is 11.3 Å². The third kappa shape index (κ3) is 1.59. The highest BCUT2D eigenvalue weighted by atomic mass is 16.3. The Balaban J connectivity index is 2.54. The van der Waals surface area contributed by atoms with E-state index in [-0.39, 0.29) is 5.43 Å². The average molecular weight is 239 g/mol. The van der Waals surface area contributed by atoms with Crippen molar-refractivity contribution in [2.45, 2.75) is 20.3 Å². The van der Waals surface area contributed by atoms with Crippen LogP contribution in [0.2, 0.25) is 0 Å². The van der Waals surface area contributed by atoms with Crippen LogP contribution in [-0.4, -0.2) is 4.98 Å². The van der Waals surface area contributed by atoms with Crippen molar-refractivity contribution in [3.05, 3.63) is 50.3 Å². The predicted molar refractivity (Wildman–Crippen MR) is 70.8 cm³/mol. The lowest BCUT2D eigenvalue weighted by molar-refractivity contribution is 0.509. The Kier molecular flexibility index (Phi) is 2.40. The van der Waals surface area contributed by atoms with Crippen molar-refractivity contribution in [2.24, 2.45) is 0 Å². The van der Waals surface area contributed by atoms with E-state index in [4.69, 9.17) is 4.42 Å². The Morgan fingerprint density at radius 1 is 1.33 bits per heavy atom. The molecular weight excluding hydrogens is 226 g/mol. The molecule has 0 fully saturated rings. The number of hydrogen-bond acceptors (Lipinski definition) is 3. The molecule has 3 aliphatic rings. The molecule has 2 aliphatic carbocycles. The number of fused-ring (bicyclic) bond motifs is 2. The fourth-order valence-electron chi connectivity index (χ4n) is 2.12. The Labute approximate surface area is 104 Å². The van der Waals surface area contributed by atoms with Crippen LogP contribution in [0.25, 0.3) is 23.6 Å². The topological polar surface area (TPSA) is 43.1 Å². The normalized spacial score (nSPS) is 13.7. The number of hydrogen-bond donors (Lipinski definition) is 0. The fraction of sp³-hybridized carbons (Fsp3) is 0.200. The highest BCUT2D eigenvalue weighted by Gasteiger charge is 2.15. The molecule has 0 atom stereocenters. The zero-order valence-electron chi connectivity index (χ0n) is 10.4. The molecule has 3 rings (SSSR count). The first kappa shape index (κ1) is 11.0. The maximum atomic E-state index is 11.8. The summed E-state index contributed by atoms with van der Waals surface area (Å²) in [6, 6.07) is 1.61. The Morgan fingerprint density at radius 2 is 2.17 bits per heavy atom. The van der Waals surface area contributed by atoms with Gasteiger partial charge < -0.3 is 4.42 Å². The van der Waals surface area contributed by atoms with Gasteiger partial charge in [0.2, 0.25) is 0 Å². The molecule has 0 aromatic rings. The Hall–Kier alpha value is -2.16. The average Bonchev–Trinajstić information content (AvgIpc) is 2.59. The van der Waals surface area contributed by atoms with Gasteiger partial charge in [-0.15, -0.1) is 0 Å². The molecule has 3 heteroatoms. The van der Waals surface area contributed by atoms with E-state index in [1.54, 1.807) is 13.0 Å². The predicted octanol–water partition coefficient (Wildman–Crippen LogP) is 1.28. The van der Waals surface area contributed by atoms with E-state index < -0.39 is 0 Å². The molecule has 0 aromatic heterocycles. The zero-order chi connectivity index (χ0) is 12.7. The maximum absolute atomic E-state index is 11.8. The lowest BCUT2D eigenvalue weighted by Crippen LogP contribution is -2.30. The first-order chi connectivity index (χ1) is 8.66. The van der Waals surface area contributed by atoms with Crippen molar-refractivity contribution in [1.82, 2.24) is 4.98 Å². The molecule has 18 heavy (non-hydrogen) atoms. The van der Waals surface area contributed by atoms with Gasteiger partial charge in [0.25, 0.3) is 0 Å². The van der Waals surface area contributed by atoms with Gasteiger partial charge in [0.15, 0.2) is 11.2 Å². The van der Waals surface area contributed by atoms with Crippen LogP contribution in [0.5, 0.6) is 0 Å². The van der Waals surface area contributed by atoms with Crippen molar-refractivity contribution in [2.75, 3.05) is 0 Å². The van der Waals surface area contributed by atoms with Gasteiger partial charge >= 0.3 is 0 Å². The number of nitrogens with zero attached hydrogens (tertiary/aromatic N) is 1. The molecule has 0 saturated carbocycles. The standard InChI is InChI=1S/C15H13NO2/c1-9-8-12(17)10(2)15-14(9)16-11-6-4-3-5-7-13(11)18-15/h3-4,6-8H,5H2,1-2H3. The summed E-state index contributed by atoms with van der Waals surface area (Å²) in [6.45, 7) is 3.66. The number of allylic oxidation sites excluding steroid dienone is 2. The van der Waals surface area contributed by atoms with Crippen molar-refractivity contribution < 1.29 is 4.42 Å². The molecule has 0 N–H and O–H groups in total. The number of aryl methyl sites for hydroxylation is 1. The summed E-state index contributed by atoms with van der Waals surface area (Å²) in [5, 5.41) is 0.817. The highest BCUT2D eigenvalue weighted by Crippen LogP contribution is 2.21. The quantitative estimate of drug-likeness (QED) is 0.695. The molecule has 3 nitrogen and oxygen atoms in total. The van der Waals surface area contributed by atoms with Crippen LogP contribution in [0.1, 0.15) is 17.5 Å². The van der Waals surface area contributed by atoms with Gasteiger partial charge in [0.1, 0.15) is 16.5 Å². The van der Waals surface area contributed by atoms with Crippen molar-refractivity contribution in [3.63, 3.8) is 0 Å². The van der Waals surface area contributed by atoms with Gasteiger partial charge in [-0.05, 0) is 44.1 Å². The highest BCUT2D eigenvalue weighted by molar-refractivity contribution is 5.62. The van der Waals surface area contributed by atoms with Gasteiger partial charge in [-0.25, -0.2) is 4.98 Å². The first-order valence-electron chi connectivity index (χ1n) is 5.95. The summed E-state index contributed by atoms with van der Waals surface area (Å²) in [7, 11) is 0. The molecule has 90 valence electrons. The number of benzene rings is 1. The second-order valence-corrected chi connectivity index (χ2v) is 4.49. The molecule has 0 saturated heterocycles. The second kappa shape index (κ2) is 3.95. The van der Waals surface area contributed by atoms with E-state index in [0.717, 1.165) is 28.4 Å². The Morgan fingerprint density at radius 3 is 3.00 bits per heavy atom. The molecule has 0 aromatic carbocycles. The van der Waals surface area contributed by atoms with Gasteiger partial charge in [-0.2, -0.15) is 0 Å². The van der Waals surface area contributed by atoms with E-state index >= 15 is 0 Å². The van der Waals surface area contributed by atoms with Gasteiger partial charge in [-0.3, -0.25) is 4.79 Å². The minimum atomic E-state index is 0.00114. The van der Waals surface area contributed by atoms with Crippen molar-refractivity contribution in [3.8, 4) is 11.5 Å². The lowest BCUT2D eigenvalue weighted by atomic mass is 10.1. The summed E-state index contributed by atoms with van der Waals surface area (Å²) in [5.41, 5.74) is 2.98. The van der Waals surface area contributed by atoms with Crippen molar-refractivity contribution >= 4 is 12.2 Å². The first-order valence-corrected chi connectivity index (χ1v) is 5.95. The molecule has 0 amide bonds. The number of rotatable bonds is 0. The molecule has 0 bridgehead atoms. The molecule has 0 unspecified atom stereocenters. The third-order valence-corrected chi connectivity index (χ3v) is 3.17. The van der Waals surface area contributed by atoms with Crippen LogP contribution in [0.15, 0.2) is 27.4 Å². The van der Waals surface area contributed by atoms with Crippen LogP contribution in [0, 0.1) is 13.8 Å². The van der Waals surface area contributed by atoms with Crippen LogP contribution in [0.4, 0.5) is 0 Å².